The van der Waals surface area contributed by atoms with Crippen molar-refractivity contribution in [2.75, 3.05) is 6.54 Å². The first-order chi connectivity index (χ1) is 8.99. The summed E-state index contributed by atoms with van der Waals surface area (Å²) < 4.78 is 0. The maximum Gasteiger partial charge on any atom is 0.308 e. The second kappa shape index (κ2) is 5.93. The summed E-state index contributed by atoms with van der Waals surface area (Å²) >= 11 is 0. The number of aliphatic carboxylic acids is 1. The fourth-order valence-electron chi connectivity index (χ4n) is 2.91. The zero-order valence-electron chi connectivity index (χ0n) is 11.9. The fraction of sp³-hybridized carbons (Fsp3) is 0.867. The van der Waals surface area contributed by atoms with Crippen LogP contribution in [0.4, 0.5) is 0 Å². The first kappa shape index (κ1) is 14.4. The van der Waals surface area contributed by atoms with E-state index in [1.54, 1.807) is 0 Å². The average Bonchev–Trinajstić information content (AvgIpc) is 3.16. The van der Waals surface area contributed by atoms with Gasteiger partial charge in [0.2, 0.25) is 5.91 Å². The van der Waals surface area contributed by atoms with Crippen molar-refractivity contribution in [3.8, 4) is 0 Å². The van der Waals surface area contributed by atoms with Crippen molar-refractivity contribution in [3.05, 3.63) is 0 Å². The van der Waals surface area contributed by atoms with Gasteiger partial charge in [0.1, 0.15) is 0 Å². The zero-order valence-corrected chi connectivity index (χ0v) is 11.9. The lowest BCUT2D eigenvalue weighted by atomic mass is 9.95. The molecular formula is C15H25NO3. The van der Waals surface area contributed by atoms with Crippen LogP contribution in [0.3, 0.4) is 0 Å². The van der Waals surface area contributed by atoms with E-state index in [9.17, 15) is 9.59 Å². The van der Waals surface area contributed by atoms with Gasteiger partial charge in [-0.1, -0.05) is 13.8 Å². The molecule has 0 bridgehead atoms. The zero-order chi connectivity index (χ0) is 14.0. The number of nitrogens with one attached hydrogen (secondary N) is 1. The Hall–Kier alpha value is -1.06. The van der Waals surface area contributed by atoms with Crippen molar-refractivity contribution >= 4 is 11.9 Å². The van der Waals surface area contributed by atoms with Gasteiger partial charge in [-0.2, -0.15) is 0 Å². The summed E-state index contributed by atoms with van der Waals surface area (Å²) in [7, 11) is 0. The molecule has 0 aromatic carbocycles. The van der Waals surface area contributed by atoms with Gasteiger partial charge in [0.15, 0.2) is 0 Å². The maximum absolute atomic E-state index is 12.2. The second-order valence-corrected chi connectivity index (χ2v) is 6.61. The minimum absolute atomic E-state index is 0.0972. The lowest BCUT2D eigenvalue weighted by molar-refractivity contribution is -0.142. The molecule has 1 unspecified atom stereocenters. The van der Waals surface area contributed by atoms with Gasteiger partial charge in [-0.15, -0.1) is 0 Å². The molecule has 0 saturated heterocycles. The summed E-state index contributed by atoms with van der Waals surface area (Å²) in [5, 5.41) is 12.1. The van der Waals surface area contributed by atoms with Crippen LogP contribution < -0.4 is 5.32 Å². The van der Waals surface area contributed by atoms with Gasteiger partial charge in [0.05, 0.1) is 5.92 Å². The number of hydrogen-bond donors (Lipinski definition) is 2. The predicted molar refractivity (Wildman–Crippen MR) is 72.5 cm³/mol. The Morgan fingerprint density at radius 1 is 1.16 bits per heavy atom. The molecule has 2 aliphatic rings. The van der Waals surface area contributed by atoms with Crippen LogP contribution in [0.1, 0.15) is 46.0 Å². The monoisotopic (exact) mass is 267 g/mol. The molecule has 0 spiro atoms. The molecule has 2 rings (SSSR count). The third-order valence-corrected chi connectivity index (χ3v) is 4.19. The van der Waals surface area contributed by atoms with Crippen molar-refractivity contribution in [2.45, 2.75) is 46.0 Å². The highest BCUT2D eigenvalue weighted by Crippen LogP contribution is 2.49. The molecule has 2 saturated carbocycles. The molecule has 108 valence electrons. The van der Waals surface area contributed by atoms with Crippen LogP contribution >= 0.6 is 0 Å². The average molecular weight is 267 g/mol. The van der Waals surface area contributed by atoms with E-state index in [1.165, 1.54) is 25.7 Å². The van der Waals surface area contributed by atoms with Gasteiger partial charge in [-0.25, -0.2) is 0 Å². The Kier molecular flexibility index (Phi) is 4.48. The molecule has 1 atom stereocenters. The molecule has 0 heterocycles. The molecule has 2 aliphatic carbocycles. The standard InChI is InChI=1S/C15H25NO3/c1-9(2)7-12(15(18)19)8-16-14(17)13(10-3-4-10)11-5-6-11/h9-13H,3-8H2,1-2H3,(H,16,17)(H,18,19). The highest BCUT2D eigenvalue weighted by molar-refractivity contribution is 5.80. The lowest BCUT2D eigenvalue weighted by Crippen LogP contribution is -2.38. The van der Waals surface area contributed by atoms with E-state index in [1.807, 2.05) is 13.8 Å². The number of carboxylic acid groups (broad SMARTS) is 1. The molecule has 19 heavy (non-hydrogen) atoms. The molecule has 1 amide bonds. The van der Waals surface area contributed by atoms with E-state index < -0.39 is 11.9 Å². The minimum Gasteiger partial charge on any atom is -0.481 e. The summed E-state index contributed by atoms with van der Waals surface area (Å²) in [5.41, 5.74) is 0. The molecule has 4 heteroatoms. The van der Waals surface area contributed by atoms with Crippen molar-refractivity contribution in [3.63, 3.8) is 0 Å². The SMILES string of the molecule is CC(C)CC(CNC(=O)C(C1CC1)C1CC1)C(=O)O. The molecule has 0 aromatic heterocycles. The first-order valence-corrected chi connectivity index (χ1v) is 7.49. The van der Waals surface area contributed by atoms with E-state index in [-0.39, 0.29) is 18.4 Å². The highest BCUT2D eigenvalue weighted by Gasteiger charge is 2.45. The van der Waals surface area contributed by atoms with E-state index in [2.05, 4.69) is 5.32 Å². The second-order valence-electron chi connectivity index (χ2n) is 6.61. The third kappa shape index (κ3) is 4.22. The summed E-state index contributed by atoms with van der Waals surface area (Å²) in [5.74, 6) is 0.474. The Balaban J connectivity index is 1.81. The van der Waals surface area contributed by atoms with E-state index in [0.29, 0.717) is 24.2 Å². The number of amides is 1. The minimum atomic E-state index is -0.802. The highest BCUT2D eigenvalue weighted by atomic mass is 16.4. The van der Waals surface area contributed by atoms with Gasteiger partial charge < -0.3 is 10.4 Å². The van der Waals surface area contributed by atoms with Crippen LogP contribution in [0.15, 0.2) is 0 Å². The maximum atomic E-state index is 12.2. The van der Waals surface area contributed by atoms with Crippen LogP contribution in [-0.2, 0) is 9.59 Å². The Morgan fingerprint density at radius 3 is 2.05 bits per heavy atom. The molecule has 2 fully saturated rings. The van der Waals surface area contributed by atoms with Gasteiger partial charge in [0.25, 0.3) is 0 Å². The Labute approximate surface area is 115 Å². The van der Waals surface area contributed by atoms with Crippen molar-refractivity contribution in [1.82, 2.24) is 5.32 Å². The molecular weight excluding hydrogens is 242 g/mol. The summed E-state index contributed by atoms with van der Waals surface area (Å²) in [6, 6.07) is 0. The first-order valence-electron chi connectivity index (χ1n) is 7.49. The van der Waals surface area contributed by atoms with E-state index >= 15 is 0 Å². The molecule has 4 nitrogen and oxygen atoms in total. The number of rotatable bonds is 8. The van der Waals surface area contributed by atoms with E-state index in [0.717, 1.165) is 0 Å². The molecule has 2 N–H and O–H groups in total. The number of carbonyl (C=O) groups is 2. The molecule has 0 radical (unpaired) electrons. The number of carboxylic acids is 1. The van der Waals surface area contributed by atoms with Crippen LogP contribution in [0.2, 0.25) is 0 Å². The van der Waals surface area contributed by atoms with Gasteiger partial charge in [-0.05, 0) is 49.9 Å². The smallest absolute Gasteiger partial charge is 0.308 e. The van der Waals surface area contributed by atoms with Gasteiger partial charge in [0, 0.05) is 12.5 Å². The fourth-order valence-corrected chi connectivity index (χ4v) is 2.91. The third-order valence-electron chi connectivity index (χ3n) is 4.19. The molecule has 0 aromatic rings. The molecule has 0 aliphatic heterocycles. The van der Waals surface area contributed by atoms with Gasteiger partial charge in [-0.3, -0.25) is 9.59 Å². The van der Waals surface area contributed by atoms with Crippen molar-refractivity contribution in [1.29, 1.82) is 0 Å². The van der Waals surface area contributed by atoms with Crippen LogP contribution in [0.5, 0.6) is 0 Å². The topological polar surface area (TPSA) is 66.4 Å². The Bertz CT molecular complexity index is 333. The summed E-state index contributed by atoms with van der Waals surface area (Å²) in [6.45, 7) is 4.30. The summed E-state index contributed by atoms with van der Waals surface area (Å²) in [4.78, 5) is 23.4. The number of hydrogen-bond acceptors (Lipinski definition) is 2. The summed E-state index contributed by atoms with van der Waals surface area (Å²) in [6.07, 6.45) is 5.30. The van der Waals surface area contributed by atoms with Crippen LogP contribution in [0.25, 0.3) is 0 Å². The van der Waals surface area contributed by atoms with E-state index in [4.69, 9.17) is 5.11 Å². The van der Waals surface area contributed by atoms with Crippen molar-refractivity contribution in [2.24, 2.45) is 29.6 Å². The predicted octanol–water partition coefficient (Wildman–Crippen LogP) is 2.29. The van der Waals surface area contributed by atoms with Crippen molar-refractivity contribution < 1.29 is 14.7 Å². The number of carbonyl (C=O) groups excluding carboxylic acids is 1. The lowest BCUT2D eigenvalue weighted by Gasteiger charge is -2.19. The van der Waals surface area contributed by atoms with Gasteiger partial charge >= 0.3 is 5.97 Å². The van der Waals surface area contributed by atoms with Crippen LogP contribution in [0, 0.1) is 29.6 Å². The largest absolute Gasteiger partial charge is 0.481 e. The Morgan fingerprint density at radius 2 is 1.68 bits per heavy atom. The quantitative estimate of drug-likeness (QED) is 0.709. The normalized spacial score (nSPS) is 20.6. The van der Waals surface area contributed by atoms with Crippen LogP contribution in [-0.4, -0.2) is 23.5 Å².